The fourth-order valence-corrected chi connectivity index (χ4v) is 4.28. The summed E-state index contributed by atoms with van der Waals surface area (Å²) in [6.45, 7) is 6.49. The molecule has 0 radical (unpaired) electrons. The third-order valence-electron chi connectivity index (χ3n) is 6.39. The standard InChI is InChI=1S/C33H40N2O/c1-5-25-34(3)31-21-17-27(18-22-31)11-9-15-29-13-7-8-14-30(33(29)36)16-10-12-28-19-23-32(24-20-28)35(4)26-6-2/h7-19,21-24,30H,5-6,20,25-26H2,1-4H3. The van der Waals surface area contributed by atoms with E-state index in [-0.39, 0.29) is 11.7 Å². The molecule has 2 aliphatic carbocycles. The Morgan fingerprint density at radius 2 is 1.64 bits per heavy atom. The quantitative estimate of drug-likeness (QED) is 0.325. The van der Waals surface area contributed by atoms with Crippen LogP contribution in [0.1, 0.15) is 38.7 Å². The topological polar surface area (TPSA) is 23.6 Å². The lowest BCUT2D eigenvalue weighted by molar-refractivity contribution is -0.116. The number of allylic oxidation sites excluding steroid dienone is 14. The van der Waals surface area contributed by atoms with Crippen molar-refractivity contribution in [3.05, 3.63) is 120 Å². The van der Waals surface area contributed by atoms with E-state index in [0.717, 1.165) is 37.9 Å². The molecular formula is C33H40N2O. The van der Waals surface area contributed by atoms with Crippen molar-refractivity contribution in [2.24, 2.45) is 5.92 Å². The minimum Gasteiger partial charge on any atom is -0.375 e. The largest absolute Gasteiger partial charge is 0.375 e. The molecule has 0 bridgehead atoms. The number of ketones is 1. The summed E-state index contributed by atoms with van der Waals surface area (Å²) in [5, 5.41) is 0. The molecule has 0 saturated heterocycles. The second-order valence-corrected chi connectivity index (χ2v) is 9.34. The van der Waals surface area contributed by atoms with Crippen LogP contribution in [0, 0.1) is 5.92 Å². The number of benzene rings is 1. The van der Waals surface area contributed by atoms with Crippen molar-refractivity contribution < 1.29 is 4.79 Å². The van der Waals surface area contributed by atoms with E-state index >= 15 is 0 Å². The van der Waals surface area contributed by atoms with Gasteiger partial charge in [0.1, 0.15) is 0 Å². The first-order valence-corrected chi connectivity index (χ1v) is 13.1. The Morgan fingerprint density at radius 1 is 0.889 bits per heavy atom. The number of likely N-dealkylation sites (N-methyl/N-ethyl adjacent to an activating group) is 1. The number of Topliss-reactive ketones (excluding diaryl/α,β-unsaturated/α-hetero) is 1. The molecule has 188 valence electrons. The Morgan fingerprint density at radius 3 is 2.33 bits per heavy atom. The molecule has 0 saturated carbocycles. The van der Waals surface area contributed by atoms with E-state index in [2.05, 4.69) is 86.3 Å². The first-order valence-electron chi connectivity index (χ1n) is 13.1. The summed E-state index contributed by atoms with van der Waals surface area (Å²) in [6, 6.07) is 8.50. The van der Waals surface area contributed by atoms with Gasteiger partial charge >= 0.3 is 0 Å². The van der Waals surface area contributed by atoms with Crippen molar-refractivity contribution in [3.8, 4) is 0 Å². The van der Waals surface area contributed by atoms with Crippen LogP contribution in [0.25, 0.3) is 6.08 Å². The van der Waals surface area contributed by atoms with Crippen LogP contribution in [-0.4, -0.2) is 37.9 Å². The Kier molecular flexibility index (Phi) is 10.6. The lowest BCUT2D eigenvalue weighted by Crippen LogP contribution is -2.18. The van der Waals surface area contributed by atoms with E-state index < -0.39 is 0 Å². The first kappa shape index (κ1) is 27.0. The molecule has 2 aliphatic rings. The van der Waals surface area contributed by atoms with Crippen molar-refractivity contribution in [2.75, 3.05) is 32.1 Å². The van der Waals surface area contributed by atoms with Crippen molar-refractivity contribution in [1.29, 1.82) is 0 Å². The van der Waals surface area contributed by atoms with Gasteiger partial charge < -0.3 is 9.80 Å². The summed E-state index contributed by atoms with van der Waals surface area (Å²) in [5.74, 6) is -0.155. The summed E-state index contributed by atoms with van der Waals surface area (Å²) >= 11 is 0. The van der Waals surface area contributed by atoms with Crippen LogP contribution in [0.5, 0.6) is 0 Å². The average molecular weight is 481 g/mol. The van der Waals surface area contributed by atoms with Crippen molar-refractivity contribution in [1.82, 2.24) is 4.90 Å². The maximum absolute atomic E-state index is 13.1. The maximum Gasteiger partial charge on any atom is 0.173 e. The Balaban J connectivity index is 1.60. The van der Waals surface area contributed by atoms with Crippen LogP contribution < -0.4 is 4.90 Å². The number of hydrogen-bond donors (Lipinski definition) is 0. The molecule has 0 amide bonds. The Hall–Kier alpha value is -3.59. The molecule has 0 aromatic heterocycles. The van der Waals surface area contributed by atoms with Crippen molar-refractivity contribution in [2.45, 2.75) is 33.1 Å². The second kappa shape index (κ2) is 14.1. The van der Waals surface area contributed by atoms with Gasteiger partial charge in [-0.15, -0.1) is 0 Å². The van der Waals surface area contributed by atoms with Gasteiger partial charge in [0.05, 0.1) is 5.92 Å². The molecule has 36 heavy (non-hydrogen) atoms. The fourth-order valence-electron chi connectivity index (χ4n) is 4.28. The summed E-state index contributed by atoms with van der Waals surface area (Å²) in [4.78, 5) is 17.7. The predicted octanol–water partition coefficient (Wildman–Crippen LogP) is 7.45. The molecule has 0 spiro atoms. The Bertz CT molecular complexity index is 1120. The third kappa shape index (κ3) is 7.98. The molecule has 1 aromatic rings. The average Bonchev–Trinajstić information content (AvgIpc) is 3.06. The molecular weight excluding hydrogens is 440 g/mol. The van der Waals surface area contributed by atoms with Crippen molar-refractivity contribution >= 4 is 17.5 Å². The van der Waals surface area contributed by atoms with Crippen LogP contribution in [-0.2, 0) is 4.79 Å². The van der Waals surface area contributed by atoms with Gasteiger partial charge in [0.2, 0.25) is 0 Å². The van der Waals surface area contributed by atoms with E-state index in [1.807, 2.05) is 54.7 Å². The van der Waals surface area contributed by atoms with Gasteiger partial charge in [0.15, 0.2) is 5.78 Å². The van der Waals surface area contributed by atoms with Crippen LogP contribution in [0.3, 0.4) is 0 Å². The lowest BCUT2D eigenvalue weighted by Gasteiger charge is -2.21. The van der Waals surface area contributed by atoms with Gasteiger partial charge in [-0.2, -0.15) is 0 Å². The highest BCUT2D eigenvalue weighted by molar-refractivity contribution is 6.02. The number of hydrogen-bond acceptors (Lipinski definition) is 3. The highest BCUT2D eigenvalue weighted by Crippen LogP contribution is 2.20. The van der Waals surface area contributed by atoms with E-state index in [0.29, 0.717) is 5.57 Å². The monoisotopic (exact) mass is 480 g/mol. The van der Waals surface area contributed by atoms with Crippen molar-refractivity contribution in [3.63, 3.8) is 0 Å². The summed E-state index contributed by atoms with van der Waals surface area (Å²) in [7, 11) is 4.25. The van der Waals surface area contributed by atoms with E-state index in [1.165, 1.54) is 17.0 Å². The van der Waals surface area contributed by atoms with Gasteiger partial charge in [-0.05, 0) is 48.6 Å². The molecule has 1 unspecified atom stereocenters. The molecule has 3 rings (SSSR count). The molecule has 1 aromatic carbocycles. The zero-order valence-corrected chi connectivity index (χ0v) is 22.2. The second-order valence-electron chi connectivity index (χ2n) is 9.34. The minimum atomic E-state index is -0.265. The zero-order chi connectivity index (χ0) is 25.8. The molecule has 3 heteroatoms. The predicted molar refractivity (Wildman–Crippen MR) is 156 cm³/mol. The van der Waals surface area contributed by atoms with E-state index in [1.54, 1.807) is 0 Å². The molecule has 1 atom stereocenters. The fraction of sp³-hybridized carbons (Fsp3) is 0.303. The number of nitrogens with zero attached hydrogens (tertiary/aromatic N) is 2. The van der Waals surface area contributed by atoms with E-state index in [9.17, 15) is 4.79 Å². The van der Waals surface area contributed by atoms with Crippen LogP contribution in [0.4, 0.5) is 5.69 Å². The van der Waals surface area contributed by atoms with Gasteiger partial charge in [-0.3, -0.25) is 4.79 Å². The summed E-state index contributed by atoms with van der Waals surface area (Å²) < 4.78 is 0. The summed E-state index contributed by atoms with van der Waals surface area (Å²) in [6.07, 6.45) is 29.5. The smallest absolute Gasteiger partial charge is 0.173 e. The van der Waals surface area contributed by atoms with Gasteiger partial charge in [-0.25, -0.2) is 0 Å². The van der Waals surface area contributed by atoms with Crippen LogP contribution in [0.2, 0.25) is 0 Å². The number of anilines is 1. The first-order chi connectivity index (χ1) is 17.5. The summed E-state index contributed by atoms with van der Waals surface area (Å²) in [5.41, 5.74) is 5.56. The van der Waals surface area contributed by atoms with Crippen LogP contribution >= 0.6 is 0 Å². The highest BCUT2D eigenvalue weighted by Gasteiger charge is 2.16. The molecule has 3 nitrogen and oxygen atoms in total. The van der Waals surface area contributed by atoms with Crippen LogP contribution in [0.15, 0.2) is 114 Å². The molecule has 0 fully saturated rings. The minimum absolute atomic E-state index is 0.110. The maximum atomic E-state index is 13.1. The molecule has 0 heterocycles. The molecule has 0 aliphatic heterocycles. The van der Waals surface area contributed by atoms with Gasteiger partial charge in [0.25, 0.3) is 0 Å². The zero-order valence-electron chi connectivity index (χ0n) is 22.2. The SMILES string of the molecule is CCCN(C)C1=CCC(=CC=CC2C=CC=CC(=CC=Cc3ccc(N(C)CCC)cc3)C2=O)C=C1. The van der Waals surface area contributed by atoms with E-state index in [4.69, 9.17) is 0 Å². The lowest BCUT2D eigenvalue weighted by atomic mass is 9.97. The Labute approximate surface area is 217 Å². The number of carbonyl (C=O) groups excluding carboxylic acids is 1. The number of rotatable bonds is 10. The normalized spacial score (nSPS) is 20.1. The number of carbonyl (C=O) groups is 1. The molecule has 0 N–H and O–H groups in total. The van der Waals surface area contributed by atoms with Gasteiger partial charge in [-0.1, -0.05) is 98.9 Å². The van der Waals surface area contributed by atoms with Gasteiger partial charge in [0, 0.05) is 44.1 Å². The third-order valence-corrected chi connectivity index (χ3v) is 6.39. The highest BCUT2D eigenvalue weighted by atomic mass is 16.1.